The molecule has 0 spiro atoms. The van der Waals surface area contributed by atoms with Crippen molar-refractivity contribution < 1.29 is 13.5 Å². The highest BCUT2D eigenvalue weighted by atomic mass is 127. The van der Waals surface area contributed by atoms with Gasteiger partial charge in [0.05, 0.1) is 12.4 Å². The van der Waals surface area contributed by atoms with E-state index < -0.39 is 16.1 Å². The van der Waals surface area contributed by atoms with Crippen molar-refractivity contribution >= 4 is 40.0 Å². The number of aliphatic hydroxyl groups excluding tert-OH is 1. The molecule has 0 bridgehead atoms. The number of nitrogens with zero attached hydrogens (tertiary/aromatic N) is 2. The molecule has 3 N–H and O–H groups in total. The van der Waals surface area contributed by atoms with E-state index in [1.165, 1.54) is 10.6 Å². The normalized spacial score (nSPS) is 13.1. The van der Waals surface area contributed by atoms with Gasteiger partial charge in [-0.05, 0) is 25.3 Å². The van der Waals surface area contributed by atoms with Gasteiger partial charge >= 0.3 is 0 Å². The van der Waals surface area contributed by atoms with Crippen LogP contribution in [-0.4, -0.2) is 62.8 Å². The van der Waals surface area contributed by atoms with Gasteiger partial charge in [-0.3, -0.25) is 4.99 Å². The lowest BCUT2D eigenvalue weighted by Gasteiger charge is -2.17. The molecule has 156 valence electrons. The zero-order valence-corrected chi connectivity index (χ0v) is 19.5. The third kappa shape index (κ3) is 10.9. The molecule has 9 heteroatoms. The van der Waals surface area contributed by atoms with E-state index in [1.807, 2.05) is 44.2 Å². The highest BCUT2D eigenvalue weighted by Crippen LogP contribution is 2.14. The molecule has 0 saturated carbocycles. The van der Waals surface area contributed by atoms with E-state index in [2.05, 4.69) is 15.6 Å². The molecule has 1 aromatic carbocycles. The fraction of sp³-hybridized carbons (Fsp3) is 0.611. The number of aliphatic imine (C=N–C) groups is 1. The maximum absolute atomic E-state index is 11.6. The van der Waals surface area contributed by atoms with Gasteiger partial charge in [-0.15, -0.1) is 24.0 Å². The van der Waals surface area contributed by atoms with Crippen molar-refractivity contribution in [2.24, 2.45) is 4.99 Å². The minimum absolute atomic E-state index is 0. The fourth-order valence-electron chi connectivity index (χ4n) is 2.51. The van der Waals surface area contributed by atoms with E-state index in [4.69, 9.17) is 0 Å². The average molecular weight is 512 g/mol. The molecule has 0 aliphatic carbocycles. The molecule has 0 aromatic heterocycles. The van der Waals surface area contributed by atoms with Crippen molar-refractivity contribution in [2.75, 3.05) is 39.0 Å². The monoisotopic (exact) mass is 512 g/mol. The number of hydrogen-bond acceptors (Lipinski definition) is 4. The fourth-order valence-corrected chi connectivity index (χ4v) is 3.44. The minimum atomic E-state index is -3.15. The zero-order valence-electron chi connectivity index (χ0n) is 16.4. The number of halogens is 1. The van der Waals surface area contributed by atoms with Crippen LogP contribution in [0, 0.1) is 0 Å². The van der Waals surface area contributed by atoms with E-state index in [1.54, 1.807) is 0 Å². The van der Waals surface area contributed by atoms with Gasteiger partial charge < -0.3 is 15.7 Å². The van der Waals surface area contributed by atoms with E-state index in [-0.39, 0.29) is 24.0 Å². The molecule has 0 radical (unpaired) electrons. The Labute approximate surface area is 180 Å². The summed E-state index contributed by atoms with van der Waals surface area (Å²) in [7, 11) is -3.15. The summed E-state index contributed by atoms with van der Waals surface area (Å²) in [5, 5.41) is 16.5. The molecule has 1 atom stereocenters. The molecule has 1 rings (SSSR count). The van der Waals surface area contributed by atoms with Crippen molar-refractivity contribution in [3.8, 4) is 0 Å². The predicted octanol–water partition coefficient (Wildman–Crippen LogP) is 1.95. The standard InChI is InChI=1S/C18H32N4O3S.HI/c1-4-19-18(20-13-9-15-22(5-2)26(3,24)25)21-14-12-17(23)16-10-7-6-8-11-16;/h6-8,10-11,17,23H,4-5,9,12-15H2,1-3H3,(H2,19,20,21);1H. The lowest BCUT2D eigenvalue weighted by Crippen LogP contribution is -2.38. The third-order valence-electron chi connectivity index (χ3n) is 3.90. The van der Waals surface area contributed by atoms with Crippen LogP contribution in [0.1, 0.15) is 38.4 Å². The molecule has 27 heavy (non-hydrogen) atoms. The Balaban J connectivity index is 0.00000676. The van der Waals surface area contributed by atoms with Gasteiger partial charge in [-0.25, -0.2) is 12.7 Å². The predicted molar refractivity (Wildman–Crippen MR) is 122 cm³/mol. The summed E-state index contributed by atoms with van der Waals surface area (Å²) in [5.41, 5.74) is 0.900. The van der Waals surface area contributed by atoms with Crippen LogP contribution in [0.3, 0.4) is 0 Å². The van der Waals surface area contributed by atoms with Crippen LogP contribution in [0.25, 0.3) is 0 Å². The molecule has 0 saturated heterocycles. The maximum Gasteiger partial charge on any atom is 0.211 e. The minimum Gasteiger partial charge on any atom is -0.388 e. The summed E-state index contributed by atoms with van der Waals surface area (Å²) in [5.74, 6) is 0.676. The van der Waals surface area contributed by atoms with Gasteiger partial charge in [0.2, 0.25) is 10.0 Å². The second-order valence-corrected chi connectivity index (χ2v) is 7.99. The van der Waals surface area contributed by atoms with Crippen molar-refractivity contribution in [1.29, 1.82) is 0 Å². The lowest BCUT2D eigenvalue weighted by molar-refractivity contribution is 0.168. The molecule has 1 aromatic rings. The summed E-state index contributed by atoms with van der Waals surface area (Å²) in [4.78, 5) is 4.46. The highest BCUT2D eigenvalue weighted by Gasteiger charge is 2.13. The van der Waals surface area contributed by atoms with E-state index >= 15 is 0 Å². The number of guanidine groups is 1. The van der Waals surface area contributed by atoms with E-state index in [9.17, 15) is 13.5 Å². The first kappa shape index (κ1) is 26.1. The summed E-state index contributed by atoms with van der Waals surface area (Å²) >= 11 is 0. The van der Waals surface area contributed by atoms with Crippen LogP contribution in [0.2, 0.25) is 0 Å². The van der Waals surface area contributed by atoms with Crippen molar-refractivity contribution in [1.82, 2.24) is 14.9 Å². The zero-order chi connectivity index (χ0) is 19.4. The number of sulfonamides is 1. The van der Waals surface area contributed by atoms with Crippen LogP contribution >= 0.6 is 24.0 Å². The molecule has 0 fully saturated rings. The number of rotatable bonds is 11. The number of hydrogen-bond donors (Lipinski definition) is 3. The van der Waals surface area contributed by atoms with Gasteiger partial charge in [0, 0.05) is 32.7 Å². The Morgan fingerprint density at radius 2 is 1.89 bits per heavy atom. The van der Waals surface area contributed by atoms with Gasteiger partial charge in [0.1, 0.15) is 0 Å². The SMILES string of the molecule is CCNC(=NCCCN(CC)S(C)(=O)=O)NCCC(O)c1ccccc1.I. The molecule has 0 aliphatic rings. The summed E-state index contributed by atoms with van der Waals surface area (Å²) in [6, 6.07) is 9.56. The van der Waals surface area contributed by atoms with Crippen LogP contribution < -0.4 is 10.6 Å². The van der Waals surface area contributed by atoms with Crippen molar-refractivity contribution in [3.05, 3.63) is 35.9 Å². The smallest absolute Gasteiger partial charge is 0.211 e. The number of aliphatic hydroxyl groups is 1. The van der Waals surface area contributed by atoms with Gasteiger partial charge in [0.25, 0.3) is 0 Å². The van der Waals surface area contributed by atoms with E-state index in [0.29, 0.717) is 45.0 Å². The van der Waals surface area contributed by atoms with Gasteiger partial charge in [0.15, 0.2) is 5.96 Å². The third-order valence-corrected chi connectivity index (χ3v) is 5.27. The van der Waals surface area contributed by atoms with Gasteiger partial charge in [-0.2, -0.15) is 0 Å². The maximum atomic E-state index is 11.6. The lowest BCUT2D eigenvalue weighted by atomic mass is 10.1. The molecule has 1 unspecified atom stereocenters. The largest absolute Gasteiger partial charge is 0.388 e. The highest BCUT2D eigenvalue weighted by molar-refractivity contribution is 14.0. The Hall–Kier alpha value is -0.910. The van der Waals surface area contributed by atoms with Crippen molar-refractivity contribution in [3.63, 3.8) is 0 Å². The van der Waals surface area contributed by atoms with Crippen LogP contribution in [-0.2, 0) is 10.0 Å². The summed E-state index contributed by atoms with van der Waals surface area (Å²) in [6.45, 7) is 6.60. The summed E-state index contributed by atoms with van der Waals surface area (Å²) < 4.78 is 24.6. The van der Waals surface area contributed by atoms with Crippen molar-refractivity contribution in [2.45, 2.75) is 32.8 Å². The van der Waals surface area contributed by atoms with E-state index in [0.717, 1.165) is 12.1 Å². The van der Waals surface area contributed by atoms with Crippen LogP contribution in [0.5, 0.6) is 0 Å². The number of nitrogens with one attached hydrogen (secondary N) is 2. The second kappa shape index (κ2) is 14.1. The molecule has 0 amide bonds. The Morgan fingerprint density at radius 3 is 2.44 bits per heavy atom. The Morgan fingerprint density at radius 1 is 1.22 bits per heavy atom. The average Bonchev–Trinajstić information content (AvgIpc) is 2.61. The molecule has 0 heterocycles. The topological polar surface area (TPSA) is 94.0 Å². The molecular weight excluding hydrogens is 479 g/mol. The van der Waals surface area contributed by atoms with Crippen LogP contribution in [0.4, 0.5) is 0 Å². The number of benzene rings is 1. The first-order valence-corrected chi connectivity index (χ1v) is 10.9. The molecule has 7 nitrogen and oxygen atoms in total. The quantitative estimate of drug-likeness (QED) is 0.183. The second-order valence-electron chi connectivity index (χ2n) is 6.01. The molecule has 0 aliphatic heterocycles. The Bertz CT molecular complexity index is 641. The summed E-state index contributed by atoms with van der Waals surface area (Å²) in [6.07, 6.45) is 1.94. The first-order valence-electron chi connectivity index (χ1n) is 9.08. The molecular formula is C18H33IN4O3S. The first-order chi connectivity index (χ1) is 12.4. The van der Waals surface area contributed by atoms with Crippen LogP contribution in [0.15, 0.2) is 35.3 Å². The Kier molecular flexibility index (Phi) is 13.7. The van der Waals surface area contributed by atoms with Gasteiger partial charge in [-0.1, -0.05) is 37.3 Å².